The summed E-state index contributed by atoms with van der Waals surface area (Å²) in [6.45, 7) is 9.63. The SMILES string of the molecule is CC1(C)c2ccccc2-c2ccc(N(c3ccc4c(c3)C(c3ccccc3)(c3ccccc3)c3ccccc3-4)c3cccc4c3-c3cc(-c5ccccc5)c5ccccc5c3C4(C)C)cc21. The third-order valence-corrected chi connectivity index (χ3v) is 15.5. The Morgan fingerprint density at radius 1 is 0.318 bits per heavy atom. The second-order valence-corrected chi connectivity index (χ2v) is 19.6. The van der Waals surface area contributed by atoms with Crippen LogP contribution in [0.15, 0.2) is 224 Å². The van der Waals surface area contributed by atoms with Gasteiger partial charge in [0.2, 0.25) is 0 Å². The van der Waals surface area contributed by atoms with E-state index in [1.807, 2.05) is 0 Å². The van der Waals surface area contributed by atoms with Crippen LogP contribution >= 0.6 is 0 Å². The third kappa shape index (κ3) is 5.23. The zero-order valence-electron chi connectivity index (χ0n) is 37.8. The van der Waals surface area contributed by atoms with E-state index in [-0.39, 0.29) is 10.8 Å². The van der Waals surface area contributed by atoms with Crippen molar-refractivity contribution < 1.29 is 0 Å². The highest BCUT2D eigenvalue weighted by molar-refractivity contribution is 6.08. The Balaban J connectivity index is 1.12. The maximum atomic E-state index is 2.59. The summed E-state index contributed by atoms with van der Waals surface area (Å²) >= 11 is 0. The van der Waals surface area contributed by atoms with Gasteiger partial charge in [-0.2, -0.15) is 0 Å². The topological polar surface area (TPSA) is 3.24 Å². The summed E-state index contributed by atoms with van der Waals surface area (Å²) in [5.74, 6) is 0. The van der Waals surface area contributed by atoms with Crippen LogP contribution in [0.5, 0.6) is 0 Å². The van der Waals surface area contributed by atoms with E-state index in [1.165, 1.54) is 105 Å². The van der Waals surface area contributed by atoms with E-state index in [4.69, 9.17) is 0 Å². The first kappa shape index (κ1) is 38.7. The molecule has 66 heavy (non-hydrogen) atoms. The van der Waals surface area contributed by atoms with Crippen LogP contribution in [0.4, 0.5) is 17.1 Å². The molecule has 0 radical (unpaired) electrons. The fourth-order valence-corrected chi connectivity index (χ4v) is 12.6. The Labute approximate surface area is 388 Å². The lowest BCUT2D eigenvalue weighted by molar-refractivity contribution is 0.660. The second kappa shape index (κ2) is 14.1. The van der Waals surface area contributed by atoms with Crippen LogP contribution in [0.25, 0.3) is 55.3 Å². The average Bonchev–Trinajstić information content (AvgIpc) is 3.89. The molecule has 3 aliphatic carbocycles. The Morgan fingerprint density at radius 3 is 1.48 bits per heavy atom. The van der Waals surface area contributed by atoms with Crippen LogP contribution in [0, 0.1) is 0 Å². The van der Waals surface area contributed by atoms with Crippen molar-refractivity contribution in [2.75, 3.05) is 4.90 Å². The molecule has 10 aromatic rings. The van der Waals surface area contributed by atoms with Gasteiger partial charge in [-0.25, -0.2) is 0 Å². The molecule has 0 bridgehead atoms. The molecular weight excluding hydrogens is 795 g/mol. The van der Waals surface area contributed by atoms with Gasteiger partial charge in [-0.05, 0) is 131 Å². The summed E-state index contributed by atoms with van der Waals surface area (Å²) < 4.78 is 0. The molecule has 0 N–H and O–H groups in total. The van der Waals surface area contributed by atoms with E-state index in [0.717, 1.165) is 11.4 Å². The van der Waals surface area contributed by atoms with Gasteiger partial charge in [-0.3, -0.25) is 0 Å². The molecule has 10 aromatic carbocycles. The van der Waals surface area contributed by atoms with E-state index >= 15 is 0 Å². The van der Waals surface area contributed by atoms with E-state index in [1.54, 1.807) is 0 Å². The summed E-state index contributed by atoms with van der Waals surface area (Å²) in [7, 11) is 0. The van der Waals surface area contributed by atoms with E-state index in [2.05, 4.69) is 257 Å². The molecule has 0 unspecified atom stereocenters. The highest BCUT2D eigenvalue weighted by Crippen LogP contribution is 2.61. The Hall–Kier alpha value is -7.74. The molecule has 0 amide bonds. The largest absolute Gasteiger partial charge is 0.310 e. The number of hydrogen-bond acceptors (Lipinski definition) is 1. The van der Waals surface area contributed by atoms with E-state index in [9.17, 15) is 0 Å². The first-order valence-corrected chi connectivity index (χ1v) is 23.4. The van der Waals surface area contributed by atoms with Crippen LogP contribution in [0.1, 0.15) is 72.2 Å². The highest BCUT2D eigenvalue weighted by Gasteiger charge is 2.47. The molecule has 0 spiro atoms. The van der Waals surface area contributed by atoms with Gasteiger partial charge in [-0.15, -0.1) is 0 Å². The highest BCUT2D eigenvalue weighted by atomic mass is 15.1. The molecule has 0 saturated heterocycles. The lowest BCUT2D eigenvalue weighted by Crippen LogP contribution is -2.28. The summed E-state index contributed by atoms with van der Waals surface area (Å²) in [6.07, 6.45) is 0. The maximum Gasteiger partial charge on any atom is 0.0714 e. The Kier molecular flexibility index (Phi) is 8.28. The molecule has 13 rings (SSSR count). The Morgan fingerprint density at radius 2 is 0.818 bits per heavy atom. The number of hydrogen-bond donors (Lipinski definition) is 0. The van der Waals surface area contributed by atoms with Gasteiger partial charge in [0.15, 0.2) is 0 Å². The van der Waals surface area contributed by atoms with Gasteiger partial charge >= 0.3 is 0 Å². The van der Waals surface area contributed by atoms with Crippen molar-refractivity contribution in [3.05, 3.63) is 269 Å². The monoisotopic (exact) mass is 843 g/mol. The van der Waals surface area contributed by atoms with Gasteiger partial charge in [-0.1, -0.05) is 216 Å². The standard InChI is InChI=1S/C65H49N/c1-63(2)55-31-18-16-28-48(55)50-37-35-45(39-58(50)63)66(46-36-38-51-49-29-17-19-32-56(49)65(59(51)40-46,43-23-10-6-11-24-43)44-25-12-7-13-26-44)60-34-20-33-57-61(60)54-41-53(42-21-8-5-9-22-42)47-27-14-15-30-52(47)62(54)64(57,3)4/h5-41H,1-4H3. The van der Waals surface area contributed by atoms with Crippen LogP contribution in [0.3, 0.4) is 0 Å². The minimum atomic E-state index is -0.533. The van der Waals surface area contributed by atoms with Gasteiger partial charge < -0.3 is 4.90 Å². The zero-order valence-corrected chi connectivity index (χ0v) is 37.8. The normalized spacial score (nSPS) is 15.0. The van der Waals surface area contributed by atoms with Crippen molar-refractivity contribution in [3.63, 3.8) is 0 Å². The molecule has 0 atom stereocenters. The zero-order chi connectivity index (χ0) is 44.4. The van der Waals surface area contributed by atoms with Crippen molar-refractivity contribution in [2.45, 2.75) is 43.9 Å². The van der Waals surface area contributed by atoms with Crippen molar-refractivity contribution in [2.24, 2.45) is 0 Å². The molecule has 1 nitrogen and oxygen atoms in total. The maximum absolute atomic E-state index is 2.59. The fraction of sp³-hybridized carbons (Fsp3) is 0.108. The molecular formula is C65H49N. The van der Waals surface area contributed by atoms with Crippen LogP contribution < -0.4 is 4.90 Å². The first-order valence-electron chi connectivity index (χ1n) is 23.4. The molecule has 314 valence electrons. The number of rotatable bonds is 6. The predicted molar refractivity (Wildman–Crippen MR) is 276 cm³/mol. The average molecular weight is 844 g/mol. The van der Waals surface area contributed by atoms with Crippen molar-refractivity contribution in [1.29, 1.82) is 0 Å². The van der Waals surface area contributed by atoms with Crippen LogP contribution in [-0.2, 0) is 16.2 Å². The molecule has 0 aromatic heterocycles. The van der Waals surface area contributed by atoms with E-state index in [0.29, 0.717) is 0 Å². The molecule has 3 aliphatic rings. The molecule has 1 heteroatoms. The lowest BCUT2D eigenvalue weighted by atomic mass is 9.67. The van der Waals surface area contributed by atoms with Gasteiger partial charge in [0.05, 0.1) is 11.1 Å². The summed E-state index contributed by atoms with van der Waals surface area (Å²) in [4.78, 5) is 2.59. The third-order valence-electron chi connectivity index (χ3n) is 15.5. The Bertz CT molecular complexity index is 3540. The minimum Gasteiger partial charge on any atom is -0.310 e. The van der Waals surface area contributed by atoms with Gasteiger partial charge in [0.25, 0.3) is 0 Å². The molecule has 0 aliphatic heterocycles. The number of nitrogens with zero attached hydrogens (tertiary/aromatic N) is 1. The van der Waals surface area contributed by atoms with E-state index < -0.39 is 5.41 Å². The van der Waals surface area contributed by atoms with Crippen LogP contribution in [0.2, 0.25) is 0 Å². The number of anilines is 3. The molecule has 0 fully saturated rings. The second-order valence-electron chi connectivity index (χ2n) is 19.6. The van der Waals surface area contributed by atoms with Crippen molar-refractivity contribution in [3.8, 4) is 44.5 Å². The van der Waals surface area contributed by atoms with Crippen LogP contribution in [-0.4, -0.2) is 0 Å². The predicted octanol–water partition coefficient (Wildman–Crippen LogP) is 17.0. The minimum absolute atomic E-state index is 0.167. The fourth-order valence-electron chi connectivity index (χ4n) is 12.6. The molecule has 0 saturated carbocycles. The summed E-state index contributed by atoms with van der Waals surface area (Å²) in [6, 6.07) is 84.5. The number of fused-ring (bicyclic) bond motifs is 11. The van der Waals surface area contributed by atoms with Crippen molar-refractivity contribution >= 4 is 27.8 Å². The smallest absolute Gasteiger partial charge is 0.0714 e. The summed E-state index contributed by atoms with van der Waals surface area (Å²) in [5.41, 5.74) is 23.4. The van der Waals surface area contributed by atoms with Crippen molar-refractivity contribution in [1.82, 2.24) is 0 Å². The summed E-state index contributed by atoms with van der Waals surface area (Å²) in [5, 5.41) is 2.61. The quantitative estimate of drug-likeness (QED) is 0.161. The lowest BCUT2D eigenvalue weighted by Gasteiger charge is -2.35. The first-order chi connectivity index (χ1) is 32.3. The number of benzene rings is 10. The van der Waals surface area contributed by atoms with Gasteiger partial charge in [0, 0.05) is 27.8 Å². The molecule has 0 heterocycles. The van der Waals surface area contributed by atoms with Gasteiger partial charge in [0.1, 0.15) is 0 Å².